The van der Waals surface area contributed by atoms with Crippen LogP contribution in [0.4, 0.5) is 5.69 Å². The Balaban J connectivity index is 0.000000108. The van der Waals surface area contributed by atoms with Crippen molar-refractivity contribution in [3.05, 3.63) is 521 Å². The predicted octanol–water partition coefficient (Wildman–Crippen LogP) is 36.7. The lowest BCUT2D eigenvalue weighted by molar-refractivity contribution is 1.07. The summed E-state index contributed by atoms with van der Waals surface area (Å²) < 4.78 is 2.29. The summed E-state index contributed by atoms with van der Waals surface area (Å²) in [7, 11) is 0. The number of fused-ring (bicyclic) bond motifs is 18. The molecule has 29 aromatic rings. The van der Waals surface area contributed by atoms with Crippen molar-refractivity contribution in [3.8, 4) is 129 Å². The number of hydrogen-bond acceptors (Lipinski definition) is 6. The van der Waals surface area contributed by atoms with Gasteiger partial charge in [-0.05, 0) is 198 Å². The van der Waals surface area contributed by atoms with E-state index in [4.69, 9.17) is 36.5 Å². The molecule has 0 radical (unpaired) electrons. The van der Waals surface area contributed by atoms with Crippen molar-refractivity contribution < 1.29 is 0 Å². The van der Waals surface area contributed by atoms with E-state index in [-0.39, 0.29) is 0 Å². The molecule has 0 amide bonds. The monoisotopic (exact) mass is 1840 g/mol. The topological polar surface area (TPSA) is 86.6 Å². The molecule has 0 fully saturated rings. The van der Waals surface area contributed by atoms with Crippen LogP contribution in [0, 0.1) is 6.57 Å². The van der Waals surface area contributed by atoms with E-state index >= 15 is 0 Å². The summed E-state index contributed by atoms with van der Waals surface area (Å²) in [6, 6.07) is 180. The van der Waals surface area contributed by atoms with Gasteiger partial charge >= 0.3 is 0 Å². The van der Waals surface area contributed by atoms with Gasteiger partial charge in [0.05, 0.1) is 51.2 Å². The molecular formula is C137H84N8. The molecule has 5 aromatic heterocycles. The van der Waals surface area contributed by atoms with Gasteiger partial charge < -0.3 is 4.57 Å². The molecule has 0 saturated carbocycles. The number of aromatic nitrogens is 7. The molecule has 0 N–H and O–H groups in total. The van der Waals surface area contributed by atoms with E-state index in [2.05, 4.69) is 440 Å². The van der Waals surface area contributed by atoms with Gasteiger partial charge in [0, 0.05) is 92.9 Å². The molecular weight excluding hydrogens is 1760 g/mol. The van der Waals surface area contributed by atoms with Gasteiger partial charge in [-0.25, -0.2) is 34.7 Å². The Morgan fingerprint density at radius 1 is 0.166 bits per heavy atom. The van der Waals surface area contributed by atoms with E-state index in [0.29, 0.717) is 23.2 Å². The highest BCUT2D eigenvalue weighted by molar-refractivity contribution is 6.30. The number of benzene rings is 24. The van der Waals surface area contributed by atoms with Crippen LogP contribution in [-0.4, -0.2) is 34.5 Å². The molecule has 672 valence electrons. The summed E-state index contributed by atoms with van der Waals surface area (Å²) >= 11 is 0. The van der Waals surface area contributed by atoms with Crippen molar-refractivity contribution in [1.29, 1.82) is 0 Å². The third-order valence-electron chi connectivity index (χ3n) is 28.9. The zero-order valence-electron chi connectivity index (χ0n) is 78.6. The van der Waals surface area contributed by atoms with E-state index < -0.39 is 0 Å². The third kappa shape index (κ3) is 14.9. The van der Waals surface area contributed by atoms with E-state index in [1.165, 1.54) is 136 Å². The molecule has 0 aliphatic carbocycles. The molecule has 0 bridgehead atoms. The van der Waals surface area contributed by atoms with Crippen LogP contribution >= 0.6 is 0 Å². The molecule has 24 aromatic carbocycles. The van der Waals surface area contributed by atoms with Crippen molar-refractivity contribution in [3.63, 3.8) is 0 Å². The summed E-state index contributed by atoms with van der Waals surface area (Å²) in [5.41, 5.74) is 27.8. The van der Waals surface area contributed by atoms with E-state index in [9.17, 15) is 0 Å². The van der Waals surface area contributed by atoms with Gasteiger partial charge in [-0.15, -0.1) is 0 Å². The van der Waals surface area contributed by atoms with Gasteiger partial charge in [0.15, 0.2) is 23.2 Å². The molecule has 8 heteroatoms. The first-order chi connectivity index (χ1) is 71.9. The highest BCUT2D eigenvalue weighted by Gasteiger charge is 2.25. The standard InChI is InChI=1S/C48H29N3.C45H27N.C44H28N4/c1-49-35-25-27-46-42(29-35)41-28-34(24-26-45(41)51(46)36-14-6-3-7-15-36)31-20-22-33(23-21-31)48-43-30-40(32-12-4-2-5-13-32)37-16-8-9-17-38(37)47(43)39-18-10-11-19-44(39)50-48;1-2-9-28(10-3-1)39-27-40-44(36-14-5-4-13-35(36)39)38-15-6-7-16-41(38)46-45(40)33-21-17-29(18-22-33)34-25-23-32-20-19-30-11-8-12-31-24-26-37(34)43(32)42(30)31;1-4-14-29(15-5-1)37-28-38-40(35-21-11-10-20-34(35)37)36-22-12-13-23-39(36)45-41(38)30-24-26-33(27-25-30)44-47-42(31-16-6-2-7-17-31)46-43(48-44)32-18-8-3-9-19-32/h2-30H;1-27H;1-28H. The Hall–Kier alpha value is -19.6. The van der Waals surface area contributed by atoms with Crippen LogP contribution in [-0.2, 0) is 0 Å². The van der Waals surface area contributed by atoms with Crippen LogP contribution in [0.1, 0.15) is 0 Å². The third-order valence-corrected chi connectivity index (χ3v) is 28.9. The maximum absolute atomic E-state index is 7.67. The van der Waals surface area contributed by atoms with Crippen LogP contribution in [0.25, 0.3) is 286 Å². The molecule has 0 unspecified atom stereocenters. The number of pyridine rings is 3. The van der Waals surface area contributed by atoms with E-state index in [0.717, 1.165) is 127 Å². The largest absolute Gasteiger partial charge is 0.309 e. The van der Waals surface area contributed by atoms with Crippen LogP contribution < -0.4 is 0 Å². The number of rotatable bonds is 12. The van der Waals surface area contributed by atoms with Gasteiger partial charge in [-0.3, -0.25) is 0 Å². The molecule has 145 heavy (non-hydrogen) atoms. The minimum Gasteiger partial charge on any atom is -0.309 e. The lowest BCUT2D eigenvalue weighted by Gasteiger charge is -2.17. The van der Waals surface area contributed by atoms with Crippen molar-refractivity contribution in [2.75, 3.05) is 0 Å². The highest BCUT2D eigenvalue weighted by Crippen LogP contribution is 2.49. The molecule has 0 aliphatic rings. The average molecular weight is 1840 g/mol. The fourth-order valence-electron chi connectivity index (χ4n) is 22.1. The molecule has 5 heterocycles. The summed E-state index contributed by atoms with van der Waals surface area (Å²) in [4.78, 5) is 34.4. The van der Waals surface area contributed by atoms with Gasteiger partial charge in [0.1, 0.15) is 0 Å². The van der Waals surface area contributed by atoms with Crippen molar-refractivity contribution in [2.45, 2.75) is 0 Å². The summed E-state index contributed by atoms with van der Waals surface area (Å²) in [6.45, 7) is 7.67. The number of nitrogens with zero attached hydrogens (tertiary/aromatic N) is 8. The van der Waals surface area contributed by atoms with E-state index in [1.807, 2.05) is 78.9 Å². The Bertz CT molecular complexity index is 10200. The minimum absolute atomic E-state index is 0.628. The average Bonchev–Trinajstić information content (AvgIpc) is 1.53. The van der Waals surface area contributed by atoms with Crippen LogP contribution in [0.15, 0.2) is 510 Å². The first-order valence-corrected chi connectivity index (χ1v) is 49.1. The lowest BCUT2D eigenvalue weighted by atomic mass is 9.88. The first kappa shape index (κ1) is 84.7. The Morgan fingerprint density at radius 3 is 0.883 bits per heavy atom. The Morgan fingerprint density at radius 2 is 0.469 bits per heavy atom. The minimum atomic E-state index is 0.628. The van der Waals surface area contributed by atoms with Gasteiger partial charge in [0.2, 0.25) is 0 Å². The summed E-state index contributed by atoms with van der Waals surface area (Å²) in [5.74, 6) is 1.92. The lowest BCUT2D eigenvalue weighted by Crippen LogP contribution is -2.00. The maximum atomic E-state index is 7.67. The van der Waals surface area contributed by atoms with Gasteiger partial charge in [-0.1, -0.05) is 437 Å². The summed E-state index contributed by atoms with van der Waals surface area (Å²) in [6.07, 6.45) is 0. The molecule has 0 spiro atoms. The maximum Gasteiger partial charge on any atom is 0.188 e. The van der Waals surface area contributed by atoms with Crippen LogP contribution in [0.5, 0.6) is 0 Å². The van der Waals surface area contributed by atoms with Crippen molar-refractivity contribution in [2.24, 2.45) is 0 Å². The second-order valence-corrected chi connectivity index (χ2v) is 37.2. The highest BCUT2D eigenvalue weighted by atomic mass is 15.0. The summed E-state index contributed by atoms with van der Waals surface area (Å²) in [5, 5.41) is 28.1. The fourth-order valence-corrected chi connectivity index (χ4v) is 22.1. The number of para-hydroxylation sites is 4. The Kier molecular flexibility index (Phi) is 20.8. The molecule has 0 atom stereocenters. The normalized spacial score (nSPS) is 11.6. The molecule has 29 rings (SSSR count). The first-order valence-electron chi connectivity index (χ1n) is 49.1. The van der Waals surface area contributed by atoms with Crippen LogP contribution in [0.2, 0.25) is 0 Å². The molecule has 0 aliphatic heterocycles. The van der Waals surface area contributed by atoms with E-state index in [1.54, 1.807) is 0 Å². The van der Waals surface area contributed by atoms with Gasteiger partial charge in [-0.2, -0.15) is 0 Å². The quantitative estimate of drug-likeness (QED) is 0.0895. The molecule has 8 nitrogen and oxygen atoms in total. The van der Waals surface area contributed by atoms with Crippen LogP contribution in [0.3, 0.4) is 0 Å². The number of hydrogen-bond donors (Lipinski definition) is 0. The van der Waals surface area contributed by atoms with Crippen molar-refractivity contribution in [1.82, 2.24) is 34.5 Å². The molecule has 0 saturated heterocycles. The van der Waals surface area contributed by atoms with Crippen molar-refractivity contribution >= 4 is 157 Å². The predicted molar refractivity (Wildman–Crippen MR) is 608 cm³/mol. The second kappa shape index (κ2) is 35.7. The fraction of sp³-hybridized carbons (Fsp3) is 0. The second-order valence-electron chi connectivity index (χ2n) is 37.2. The zero-order chi connectivity index (χ0) is 95.9. The Labute approximate surface area is 835 Å². The zero-order valence-corrected chi connectivity index (χ0v) is 78.6. The SMILES string of the molecule is [C-]#[N+]c1ccc2c(c1)c1cc(-c3ccc(-c4nc5ccccc5c5c4cc(-c4ccccc4)c4ccccc45)cc3)ccc1n2-c1ccccc1.c1ccc(-c2cc3c(-c4ccc(-c5ccc6ccc7cccc8ccc5c6c78)cc4)nc4ccccc4c3c3ccccc23)cc1.c1ccc(-c2nc(-c3ccccc3)nc(-c3ccc(-c4nc5ccccc5c5c4cc(-c4ccccc4)c4ccccc45)cc3)n2)cc1. The van der Waals surface area contributed by atoms with Gasteiger partial charge in [0.25, 0.3) is 0 Å². The smallest absolute Gasteiger partial charge is 0.188 e.